The summed E-state index contributed by atoms with van der Waals surface area (Å²) in [5, 5.41) is 19.5. The van der Waals surface area contributed by atoms with Crippen molar-refractivity contribution in [2.45, 2.75) is 48.8 Å². The molecule has 2 aromatic rings. The van der Waals surface area contributed by atoms with Crippen LogP contribution in [0.1, 0.15) is 36.8 Å². The maximum absolute atomic E-state index is 13.3. The van der Waals surface area contributed by atoms with Gasteiger partial charge in [-0.15, -0.1) is 0 Å². The minimum atomic E-state index is -3.57. The molecule has 4 atom stereocenters. The molecule has 2 N–H and O–H groups in total. The number of aliphatic hydroxyl groups is 2. The second-order valence-electron chi connectivity index (χ2n) is 8.53. The van der Waals surface area contributed by atoms with E-state index in [1.807, 2.05) is 30.3 Å². The van der Waals surface area contributed by atoms with Crippen LogP contribution in [-0.4, -0.2) is 72.3 Å². The van der Waals surface area contributed by atoms with Crippen LogP contribution in [0.4, 0.5) is 0 Å². The maximum Gasteiger partial charge on any atom is 0.243 e. The van der Waals surface area contributed by atoms with Gasteiger partial charge in [-0.1, -0.05) is 42.2 Å². The summed E-state index contributed by atoms with van der Waals surface area (Å²) < 4.78 is 28.2. The number of hydrogen-bond donors (Lipinski definition) is 2. The first kappa shape index (κ1) is 23.0. The fraction of sp³-hybridized carbons (Fsp3) is 0.440. The highest BCUT2D eigenvalue weighted by Gasteiger charge is 2.50. The molecule has 170 valence electrons. The van der Waals surface area contributed by atoms with E-state index in [2.05, 4.69) is 16.7 Å². The molecule has 2 saturated heterocycles. The molecule has 0 saturated carbocycles. The second kappa shape index (κ2) is 9.74. The van der Waals surface area contributed by atoms with E-state index < -0.39 is 16.1 Å². The van der Waals surface area contributed by atoms with Crippen LogP contribution in [0.5, 0.6) is 0 Å². The molecule has 2 aliphatic heterocycles. The van der Waals surface area contributed by atoms with Gasteiger partial charge in [0.15, 0.2) is 0 Å². The molecule has 2 aromatic carbocycles. The molecule has 0 aliphatic carbocycles. The molecule has 32 heavy (non-hydrogen) atoms. The summed E-state index contributed by atoms with van der Waals surface area (Å²) in [7, 11) is -3.57. The molecule has 7 heteroatoms. The van der Waals surface area contributed by atoms with Crippen LogP contribution < -0.4 is 0 Å². The summed E-state index contributed by atoms with van der Waals surface area (Å²) in [4.78, 5) is 2.58. The lowest BCUT2D eigenvalue weighted by Gasteiger charge is -2.57. The lowest BCUT2D eigenvalue weighted by atomic mass is 9.74. The van der Waals surface area contributed by atoms with Crippen molar-refractivity contribution in [3.63, 3.8) is 0 Å². The summed E-state index contributed by atoms with van der Waals surface area (Å²) in [5.41, 5.74) is 1.89. The molecular weight excluding hydrogens is 424 g/mol. The third kappa shape index (κ3) is 4.61. The summed E-state index contributed by atoms with van der Waals surface area (Å²) in [6.45, 7) is 3.44. The number of aliphatic hydroxyl groups excluding tert-OH is 2. The fourth-order valence-electron chi connectivity index (χ4n) is 4.85. The molecule has 2 heterocycles. The fourth-order valence-corrected chi connectivity index (χ4v) is 6.36. The zero-order chi connectivity index (χ0) is 22.7. The van der Waals surface area contributed by atoms with Gasteiger partial charge in [-0.2, -0.15) is 4.31 Å². The molecular formula is C25H30N2O4S. The van der Waals surface area contributed by atoms with Crippen LogP contribution in [0.25, 0.3) is 0 Å². The van der Waals surface area contributed by atoms with Crippen LogP contribution in [0.2, 0.25) is 0 Å². The first-order valence-electron chi connectivity index (χ1n) is 11.1. The maximum atomic E-state index is 13.3. The molecule has 4 rings (SSSR count). The Kier molecular flexibility index (Phi) is 6.99. The zero-order valence-corrected chi connectivity index (χ0v) is 19.1. The average Bonchev–Trinajstić information content (AvgIpc) is 2.78. The molecule has 0 amide bonds. The highest BCUT2D eigenvalue weighted by Crippen LogP contribution is 2.42. The van der Waals surface area contributed by atoms with Gasteiger partial charge < -0.3 is 10.2 Å². The van der Waals surface area contributed by atoms with Crippen molar-refractivity contribution < 1.29 is 18.6 Å². The van der Waals surface area contributed by atoms with E-state index in [9.17, 15) is 18.6 Å². The van der Waals surface area contributed by atoms with Crippen LogP contribution in [0.3, 0.4) is 0 Å². The molecule has 0 radical (unpaired) electrons. The molecule has 2 aliphatic rings. The predicted octanol–water partition coefficient (Wildman–Crippen LogP) is 2.03. The first-order chi connectivity index (χ1) is 15.4. The van der Waals surface area contributed by atoms with Gasteiger partial charge in [0.25, 0.3) is 0 Å². The summed E-state index contributed by atoms with van der Waals surface area (Å²) in [6.07, 6.45) is 1.02. The van der Waals surface area contributed by atoms with E-state index in [1.54, 1.807) is 35.5 Å². The van der Waals surface area contributed by atoms with Crippen molar-refractivity contribution in [1.29, 1.82) is 0 Å². The van der Waals surface area contributed by atoms with Crippen LogP contribution in [0.15, 0.2) is 59.5 Å². The van der Waals surface area contributed by atoms with Crippen molar-refractivity contribution >= 4 is 10.0 Å². The molecule has 0 aromatic heterocycles. The summed E-state index contributed by atoms with van der Waals surface area (Å²) >= 11 is 0. The van der Waals surface area contributed by atoms with Crippen LogP contribution in [0, 0.1) is 11.8 Å². The topological polar surface area (TPSA) is 81.1 Å². The van der Waals surface area contributed by atoms with Gasteiger partial charge in [-0.05, 0) is 56.1 Å². The normalized spacial score (nSPS) is 25.4. The average molecular weight is 455 g/mol. The van der Waals surface area contributed by atoms with Gasteiger partial charge in [-0.25, -0.2) is 8.42 Å². The Morgan fingerprint density at radius 1 is 1.06 bits per heavy atom. The lowest BCUT2D eigenvalue weighted by molar-refractivity contribution is -0.0553. The van der Waals surface area contributed by atoms with E-state index in [4.69, 9.17) is 0 Å². The van der Waals surface area contributed by atoms with Gasteiger partial charge in [0, 0.05) is 36.7 Å². The molecule has 0 bridgehead atoms. The quantitative estimate of drug-likeness (QED) is 0.691. The molecule has 6 nitrogen and oxygen atoms in total. The minimum absolute atomic E-state index is 0.0142. The van der Waals surface area contributed by atoms with E-state index in [1.165, 1.54) is 0 Å². The summed E-state index contributed by atoms with van der Waals surface area (Å²) in [6, 6.07) is 16.5. The van der Waals surface area contributed by atoms with Gasteiger partial charge in [0.1, 0.15) is 6.10 Å². The lowest BCUT2D eigenvalue weighted by Crippen LogP contribution is -2.67. The van der Waals surface area contributed by atoms with E-state index >= 15 is 0 Å². The van der Waals surface area contributed by atoms with Gasteiger partial charge in [-0.3, -0.25) is 4.90 Å². The Hall–Kier alpha value is -2.21. The van der Waals surface area contributed by atoms with Crippen molar-refractivity contribution in [1.82, 2.24) is 9.21 Å². The number of rotatable bonds is 4. The Morgan fingerprint density at radius 3 is 2.41 bits per heavy atom. The largest absolute Gasteiger partial charge is 0.395 e. The highest BCUT2D eigenvalue weighted by atomic mass is 32.2. The minimum Gasteiger partial charge on any atom is -0.395 e. The monoisotopic (exact) mass is 454 g/mol. The Balaban J connectivity index is 1.60. The molecule has 0 unspecified atom stereocenters. The first-order valence-corrected chi connectivity index (χ1v) is 12.6. The SMILES string of the molecule is C[C@H](O)C#Cc1ccc([C@H]2[C@H](CO)N3CCCCN(S(=O)(=O)c4ccccc4)C[C@@H]23)cc1. The zero-order valence-electron chi connectivity index (χ0n) is 18.3. The highest BCUT2D eigenvalue weighted by molar-refractivity contribution is 7.89. The Morgan fingerprint density at radius 2 is 1.75 bits per heavy atom. The third-order valence-corrected chi connectivity index (χ3v) is 8.31. The van der Waals surface area contributed by atoms with Gasteiger partial charge in [0.05, 0.1) is 11.5 Å². The van der Waals surface area contributed by atoms with Gasteiger partial charge in [0.2, 0.25) is 10.0 Å². The van der Waals surface area contributed by atoms with Gasteiger partial charge >= 0.3 is 0 Å². The number of hydrogen-bond acceptors (Lipinski definition) is 5. The predicted molar refractivity (Wildman–Crippen MR) is 124 cm³/mol. The van der Waals surface area contributed by atoms with Crippen LogP contribution in [-0.2, 0) is 10.0 Å². The second-order valence-corrected chi connectivity index (χ2v) is 10.5. The smallest absolute Gasteiger partial charge is 0.243 e. The van der Waals surface area contributed by atoms with Crippen LogP contribution >= 0.6 is 0 Å². The van der Waals surface area contributed by atoms with E-state index in [0.717, 1.165) is 30.5 Å². The Labute approximate surface area is 190 Å². The number of fused-ring (bicyclic) bond motifs is 1. The standard InChI is InChI=1S/C25H30N2O4S/c1-19(29)9-10-20-11-13-21(14-12-20)25-23-17-26(15-5-6-16-27(23)24(25)18-28)32(30,31)22-7-3-2-4-8-22/h2-4,7-8,11-14,19,23-25,28-29H,5-6,15-18H2,1H3/t19-,23-,24-,25+/m0/s1. The van der Waals surface area contributed by atoms with Crippen molar-refractivity contribution in [3.05, 3.63) is 65.7 Å². The van der Waals surface area contributed by atoms with E-state index in [-0.39, 0.29) is 24.6 Å². The third-order valence-electron chi connectivity index (χ3n) is 6.43. The Bertz CT molecular complexity index is 1070. The van der Waals surface area contributed by atoms with Crippen molar-refractivity contribution in [2.24, 2.45) is 0 Å². The van der Waals surface area contributed by atoms with E-state index in [0.29, 0.717) is 18.0 Å². The number of nitrogens with zero attached hydrogens (tertiary/aromatic N) is 2. The number of benzene rings is 2. The summed E-state index contributed by atoms with van der Waals surface area (Å²) in [5.74, 6) is 5.73. The molecule has 2 fully saturated rings. The van der Waals surface area contributed by atoms with Crippen molar-refractivity contribution in [2.75, 3.05) is 26.2 Å². The van der Waals surface area contributed by atoms with Crippen molar-refractivity contribution in [3.8, 4) is 11.8 Å². The molecule has 0 spiro atoms. The number of sulfonamides is 1.